The van der Waals surface area contributed by atoms with Gasteiger partial charge in [-0.25, -0.2) is 0 Å². The van der Waals surface area contributed by atoms with Crippen molar-refractivity contribution in [2.75, 3.05) is 19.8 Å². The quantitative estimate of drug-likeness (QED) is 0.735. The van der Waals surface area contributed by atoms with Crippen LogP contribution in [0.4, 0.5) is 0 Å². The topological polar surface area (TPSA) is 60.8 Å². The number of hydrogen-bond acceptors (Lipinski definition) is 3. The van der Waals surface area contributed by atoms with Gasteiger partial charge in [-0.3, -0.25) is 4.79 Å². The molecular weight excluding hydrogens is 290 g/mol. The molecule has 130 valence electrons. The van der Waals surface area contributed by atoms with Gasteiger partial charge < -0.3 is 15.1 Å². The van der Waals surface area contributed by atoms with Crippen molar-refractivity contribution < 1.29 is 15.0 Å². The van der Waals surface area contributed by atoms with Gasteiger partial charge in [0.15, 0.2) is 0 Å². The van der Waals surface area contributed by atoms with E-state index in [-0.39, 0.29) is 36.5 Å². The van der Waals surface area contributed by atoms with Crippen LogP contribution in [0.2, 0.25) is 0 Å². The lowest BCUT2D eigenvalue weighted by molar-refractivity contribution is 0.0490. The summed E-state index contributed by atoms with van der Waals surface area (Å²) in [5, 5.41) is 18.7. The standard InChI is InChI=1S/C19H31NO3/c1-15(12-21)10-11-19(3,4)14-20(16(2)13-22)18(23)17-8-6-5-7-9-17/h5-9,15-16,21-22H,10-14H2,1-4H3/t15-,16+/m1/s1. The lowest BCUT2D eigenvalue weighted by Gasteiger charge is -2.36. The predicted octanol–water partition coefficient (Wildman–Crippen LogP) is 2.94. The molecule has 0 fully saturated rings. The van der Waals surface area contributed by atoms with Crippen molar-refractivity contribution in [3.63, 3.8) is 0 Å². The first-order valence-electron chi connectivity index (χ1n) is 8.38. The Morgan fingerprint density at radius 1 is 1.13 bits per heavy atom. The second kappa shape index (κ2) is 9.04. The smallest absolute Gasteiger partial charge is 0.254 e. The molecule has 0 unspecified atom stereocenters. The molecule has 0 aliphatic rings. The summed E-state index contributed by atoms with van der Waals surface area (Å²) in [6.07, 6.45) is 1.84. The first kappa shape index (κ1) is 19.7. The van der Waals surface area contributed by atoms with E-state index in [9.17, 15) is 15.0 Å². The van der Waals surface area contributed by atoms with Crippen LogP contribution in [0.25, 0.3) is 0 Å². The van der Waals surface area contributed by atoms with Crippen LogP contribution in [-0.2, 0) is 0 Å². The number of carbonyl (C=O) groups is 1. The fraction of sp³-hybridized carbons (Fsp3) is 0.632. The second-order valence-electron chi connectivity index (χ2n) is 7.32. The molecule has 0 saturated carbocycles. The van der Waals surface area contributed by atoms with Crippen molar-refractivity contribution in [1.82, 2.24) is 4.90 Å². The molecule has 0 aliphatic heterocycles. The molecular formula is C19H31NO3. The molecule has 0 aromatic heterocycles. The van der Waals surface area contributed by atoms with Crippen molar-refractivity contribution in [2.24, 2.45) is 11.3 Å². The Kier molecular flexibility index (Phi) is 7.73. The number of hydrogen-bond donors (Lipinski definition) is 2. The van der Waals surface area contributed by atoms with Crippen molar-refractivity contribution in [2.45, 2.75) is 46.6 Å². The van der Waals surface area contributed by atoms with Crippen LogP contribution >= 0.6 is 0 Å². The maximum Gasteiger partial charge on any atom is 0.254 e. The van der Waals surface area contributed by atoms with Gasteiger partial charge in [-0.2, -0.15) is 0 Å². The first-order chi connectivity index (χ1) is 10.8. The van der Waals surface area contributed by atoms with Gasteiger partial charge >= 0.3 is 0 Å². The third kappa shape index (κ3) is 6.32. The summed E-state index contributed by atoms with van der Waals surface area (Å²) in [4.78, 5) is 14.6. The monoisotopic (exact) mass is 321 g/mol. The average Bonchev–Trinajstić information content (AvgIpc) is 2.57. The van der Waals surface area contributed by atoms with Gasteiger partial charge in [0.05, 0.1) is 12.6 Å². The minimum atomic E-state index is -0.225. The number of aliphatic hydroxyl groups is 2. The van der Waals surface area contributed by atoms with Crippen LogP contribution < -0.4 is 0 Å². The summed E-state index contributed by atoms with van der Waals surface area (Å²) in [6.45, 7) is 8.88. The highest BCUT2D eigenvalue weighted by Gasteiger charge is 2.28. The van der Waals surface area contributed by atoms with Crippen LogP contribution in [0.3, 0.4) is 0 Å². The van der Waals surface area contributed by atoms with E-state index < -0.39 is 0 Å². The Morgan fingerprint density at radius 2 is 1.74 bits per heavy atom. The Morgan fingerprint density at radius 3 is 2.26 bits per heavy atom. The van der Waals surface area contributed by atoms with Crippen LogP contribution in [0.1, 0.15) is 50.9 Å². The normalized spacial score (nSPS) is 14.3. The number of aliphatic hydroxyl groups excluding tert-OH is 2. The fourth-order valence-corrected chi connectivity index (χ4v) is 2.54. The van der Waals surface area contributed by atoms with Crippen LogP contribution in [-0.4, -0.2) is 46.8 Å². The van der Waals surface area contributed by atoms with E-state index in [1.807, 2.05) is 32.0 Å². The highest BCUT2D eigenvalue weighted by molar-refractivity contribution is 5.94. The lowest BCUT2D eigenvalue weighted by Crippen LogP contribution is -2.46. The van der Waals surface area contributed by atoms with Gasteiger partial charge in [0.2, 0.25) is 0 Å². The van der Waals surface area contributed by atoms with Gasteiger partial charge in [-0.05, 0) is 43.2 Å². The highest BCUT2D eigenvalue weighted by atomic mass is 16.3. The third-order valence-corrected chi connectivity index (χ3v) is 4.30. The molecule has 1 rings (SSSR count). The molecule has 0 aliphatic carbocycles. The first-order valence-corrected chi connectivity index (χ1v) is 8.38. The van der Waals surface area contributed by atoms with Crippen molar-refractivity contribution in [3.8, 4) is 0 Å². The third-order valence-electron chi connectivity index (χ3n) is 4.30. The zero-order chi connectivity index (χ0) is 17.5. The molecule has 1 amide bonds. The number of amides is 1. The van der Waals surface area contributed by atoms with Gasteiger partial charge in [-0.1, -0.05) is 39.0 Å². The summed E-state index contributed by atoms with van der Waals surface area (Å²) in [6, 6.07) is 8.97. The van der Waals surface area contributed by atoms with Crippen molar-refractivity contribution >= 4 is 5.91 Å². The minimum absolute atomic E-state index is 0.0459. The number of benzene rings is 1. The molecule has 2 atom stereocenters. The molecule has 23 heavy (non-hydrogen) atoms. The van der Waals surface area contributed by atoms with Crippen molar-refractivity contribution in [3.05, 3.63) is 35.9 Å². The maximum atomic E-state index is 12.8. The molecule has 4 nitrogen and oxygen atoms in total. The molecule has 1 aromatic rings. The summed E-state index contributed by atoms with van der Waals surface area (Å²) in [5.74, 6) is 0.221. The molecule has 0 radical (unpaired) electrons. The zero-order valence-electron chi connectivity index (χ0n) is 14.8. The Balaban J connectivity index is 2.84. The number of rotatable bonds is 9. The van der Waals surface area contributed by atoms with E-state index in [0.29, 0.717) is 12.1 Å². The maximum absolute atomic E-state index is 12.8. The van der Waals surface area contributed by atoms with Gasteiger partial charge in [0.25, 0.3) is 5.91 Å². The van der Waals surface area contributed by atoms with Crippen LogP contribution in [0.15, 0.2) is 30.3 Å². The van der Waals surface area contributed by atoms with Gasteiger partial charge in [0.1, 0.15) is 0 Å². The molecule has 2 N–H and O–H groups in total. The molecule has 1 aromatic carbocycles. The van der Waals surface area contributed by atoms with E-state index in [0.717, 1.165) is 12.8 Å². The Hall–Kier alpha value is -1.39. The van der Waals surface area contributed by atoms with Gasteiger partial charge in [0, 0.05) is 18.7 Å². The van der Waals surface area contributed by atoms with E-state index in [1.54, 1.807) is 17.0 Å². The largest absolute Gasteiger partial charge is 0.396 e. The van der Waals surface area contributed by atoms with E-state index in [2.05, 4.69) is 13.8 Å². The SMILES string of the molecule is C[C@@H](CO)CCC(C)(C)CN(C(=O)c1ccccc1)[C@@H](C)CO. The summed E-state index contributed by atoms with van der Waals surface area (Å²) < 4.78 is 0. The number of nitrogens with zero attached hydrogens (tertiary/aromatic N) is 1. The molecule has 4 heteroatoms. The molecule has 0 bridgehead atoms. The minimum Gasteiger partial charge on any atom is -0.396 e. The van der Waals surface area contributed by atoms with E-state index in [1.165, 1.54) is 0 Å². The fourth-order valence-electron chi connectivity index (χ4n) is 2.54. The summed E-state index contributed by atoms with van der Waals surface area (Å²) in [7, 11) is 0. The number of carbonyl (C=O) groups excluding carboxylic acids is 1. The predicted molar refractivity (Wildman–Crippen MR) is 93.3 cm³/mol. The zero-order valence-corrected chi connectivity index (χ0v) is 14.8. The Labute approximate surface area is 140 Å². The Bertz CT molecular complexity index is 473. The second-order valence-corrected chi connectivity index (χ2v) is 7.32. The van der Waals surface area contributed by atoms with Crippen LogP contribution in [0.5, 0.6) is 0 Å². The molecule has 0 saturated heterocycles. The summed E-state index contributed by atoms with van der Waals surface area (Å²) >= 11 is 0. The average molecular weight is 321 g/mol. The van der Waals surface area contributed by atoms with Crippen molar-refractivity contribution in [1.29, 1.82) is 0 Å². The summed E-state index contributed by atoms with van der Waals surface area (Å²) in [5.41, 5.74) is 0.574. The molecule has 0 heterocycles. The van der Waals surface area contributed by atoms with Crippen LogP contribution in [0, 0.1) is 11.3 Å². The molecule has 0 spiro atoms. The lowest BCUT2D eigenvalue weighted by atomic mass is 9.84. The van der Waals surface area contributed by atoms with E-state index >= 15 is 0 Å². The van der Waals surface area contributed by atoms with E-state index in [4.69, 9.17) is 0 Å². The van der Waals surface area contributed by atoms with Gasteiger partial charge in [-0.15, -0.1) is 0 Å². The highest BCUT2D eigenvalue weighted by Crippen LogP contribution is 2.27.